The molecule has 0 bridgehead atoms. The summed E-state index contributed by atoms with van der Waals surface area (Å²) in [5.74, 6) is -1.24. The van der Waals surface area contributed by atoms with E-state index in [0.29, 0.717) is 0 Å². The Hall–Kier alpha value is -1.83. The third-order valence-electron chi connectivity index (χ3n) is 2.90. The second-order valence-electron chi connectivity index (χ2n) is 6.10. The molecule has 1 heterocycles. The summed E-state index contributed by atoms with van der Waals surface area (Å²) in [7, 11) is 1.16. The predicted molar refractivity (Wildman–Crippen MR) is 72.4 cm³/mol. The first kappa shape index (κ1) is 17.2. The normalized spacial score (nSPS) is 18.3. The van der Waals surface area contributed by atoms with Gasteiger partial charge in [0.25, 0.3) is 0 Å². The molecular weight excluding hydrogens is 280 g/mol. The Morgan fingerprint density at radius 3 is 2.19 bits per heavy atom. The van der Waals surface area contributed by atoms with Gasteiger partial charge in [0.15, 0.2) is 6.04 Å². The fourth-order valence-electron chi connectivity index (χ4n) is 1.99. The van der Waals surface area contributed by atoms with Crippen molar-refractivity contribution in [2.45, 2.75) is 44.9 Å². The fraction of sp³-hybridized carbons (Fsp3) is 0.769. The van der Waals surface area contributed by atoms with E-state index in [9.17, 15) is 19.5 Å². The highest BCUT2D eigenvalue weighted by Crippen LogP contribution is 2.27. The summed E-state index contributed by atoms with van der Waals surface area (Å²) in [5.41, 5.74) is -2.21. The third-order valence-corrected chi connectivity index (χ3v) is 2.90. The molecule has 0 saturated carbocycles. The van der Waals surface area contributed by atoms with E-state index in [2.05, 4.69) is 10.1 Å². The molecule has 1 rings (SSSR count). The van der Waals surface area contributed by atoms with Crippen LogP contribution in [0.2, 0.25) is 0 Å². The van der Waals surface area contributed by atoms with Crippen LogP contribution in [0.1, 0.15) is 27.7 Å². The van der Waals surface area contributed by atoms with E-state index in [1.807, 2.05) is 0 Å². The number of nitrogens with one attached hydrogen (secondary N) is 1. The Morgan fingerprint density at radius 2 is 1.81 bits per heavy atom. The minimum Gasteiger partial charge on any atom is -0.467 e. The smallest absolute Gasteiger partial charge is 0.410 e. The van der Waals surface area contributed by atoms with Crippen molar-refractivity contribution in [1.82, 2.24) is 10.2 Å². The van der Waals surface area contributed by atoms with Crippen molar-refractivity contribution in [1.29, 1.82) is 0 Å². The molecule has 0 spiro atoms. The Labute approximate surface area is 123 Å². The molecule has 21 heavy (non-hydrogen) atoms. The first-order valence-electron chi connectivity index (χ1n) is 6.54. The minimum absolute atomic E-state index is 0.123. The summed E-state index contributed by atoms with van der Waals surface area (Å²) in [6.45, 7) is 6.16. The summed E-state index contributed by atoms with van der Waals surface area (Å²) in [6.07, 6.45) is -0.585. The monoisotopic (exact) mass is 302 g/mol. The highest BCUT2D eigenvalue weighted by atomic mass is 16.6. The zero-order valence-corrected chi connectivity index (χ0v) is 12.9. The van der Waals surface area contributed by atoms with Gasteiger partial charge in [-0.25, -0.2) is 9.59 Å². The summed E-state index contributed by atoms with van der Waals surface area (Å²) in [6, 6.07) is -1.22. The van der Waals surface area contributed by atoms with Crippen molar-refractivity contribution in [3.63, 3.8) is 0 Å². The van der Waals surface area contributed by atoms with Crippen LogP contribution in [0.3, 0.4) is 0 Å². The van der Waals surface area contributed by atoms with E-state index in [0.717, 1.165) is 7.11 Å². The van der Waals surface area contributed by atoms with Gasteiger partial charge in [0.1, 0.15) is 11.2 Å². The number of carbonyl (C=O) groups is 3. The number of aliphatic hydroxyl groups is 1. The Kier molecular flexibility index (Phi) is 4.83. The van der Waals surface area contributed by atoms with E-state index in [1.165, 1.54) is 11.8 Å². The van der Waals surface area contributed by atoms with Crippen LogP contribution in [0.5, 0.6) is 0 Å². The van der Waals surface area contributed by atoms with Gasteiger partial charge in [-0.05, 0) is 20.8 Å². The van der Waals surface area contributed by atoms with Crippen LogP contribution in [-0.4, -0.2) is 65.4 Å². The Bertz CT molecular complexity index is 436. The van der Waals surface area contributed by atoms with Crippen molar-refractivity contribution >= 4 is 18.0 Å². The summed E-state index contributed by atoms with van der Waals surface area (Å²) < 4.78 is 9.72. The average molecular weight is 302 g/mol. The molecule has 1 aliphatic heterocycles. The molecule has 2 amide bonds. The van der Waals surface area contributed by atoms with Gasteiger partial charge in [-0.15, -0.1) is 0 Å². The van der Waals surface area contributed by atoms with Crippen LogP contribution in [0.25, 0.3) is 0 Å². The molecule has 0 aliphatic carbocycles. The quantitative estimate of drug-likeness (QED) is 0.690. The molecule has 1 aliphatic rings. The van der Waals surface area contributed by atoms with E-state index in [1.54, 1.807) is 20.8 Å². The van der Waals surface area contributed by atoms with Crippen LogP contribution < -0.4 is 5.32 Å². The maximum absolute atomic E-state index is 11.8. The topological polar surface area (TPSA) is 105 Å². The highest BCUT2D eigenvalue weighted by Gasteiger charge is 2.54. The van der Waals surface area contributed by atoms with Crippen LogP contribution in [0.4, 0.5) is 4.79 Å². The number of carbonyl (C=O) groups excluding carboxylic acids is 3. The molecule has 0 aromatic carbocycles. The lowest BCUT2D eigenvalue weighted by Crippen LogP contribution is -2.74. The van der Waals surface area contributed by atoms with Gasteiger partial charge in [0, 0.05) is 6.92 Å². The van der Waals surface area contributed by atoms with Crippen LogP contribution >= 0.6 is 0 Å². The number of likely N-dealkylation sites (tertiary alicyclic amines) is 1. The summed E-state index contributed by atoms with van der Waals surface area (Å²) >= 11 is 0. The number of nitrogens with zero attached hydrogens (tertiary/aromatic N) is 1. The maximum Gasteiger partial charge on any atom is 0.410 e. The van der Waals surface area contributed by atoms with E-state index >= 15 is 0 Å². The molecule has 2 N–H and O–H groups in total. The van der Waals surface area contributed by atoms with Gasteiger partial charge in [-0.3, -0.25) is 4.79 Å². The molecule has 0 aromatic rings. The third kappa shape index (κ3) is 4.32. The standard InChI is InChI=1S/C13H22N2O6/c1-8(16)14-9(10(17)20-5)13(19)6-15(7-13)11(18)21-12(2,3)4/h9,19H,6-7H2,1-5H3,(H,14,16). The lowest BCUT2D eigenvalue weighted by atomic mass is 9.86. The molecule has 8 heteroatoms. The first-order chi connectivity index (χ1) is 9.48. The Balaban J connectivity index is 2.70. The number of hydrogen-bond acceptors (Lipinski definition) is 6. The zero-order valence-electron chi connectivity index (χ0n) is 12.9. The molecule has 8 nitrogen and oxygen atoms in total. The SMILES string of the molecule is COC(=O)C(NC(C)=O)C1(O)CN(C(=O)OC(C)(C)C)C1. The molecule has 1 saturated heterocycles. The lowest BCUT2D eigenvalue weighted by Gasteiger charge is -2.48. The molecule has 1 unspecified atom stereocenters. The largest absolute Gasteiger partial charge is 0.467 e. The van der Waals surface area contributed by atoms with E-state index in [-0.39, 0.29) is 13.1 Å². The number of esters is 1. The molecular formula is C13H22N2O6. The van der Waals surface area contributed by atoms with Gasteiger partial charge in [-0.2, -0.15) is 0 Å². The van der Waals surface area contributed by atoms with Crippen LogP contribution in [-0.2, 0) is 19.1 Å². The van der Waals surface area contributed by atoms with Crippen molar-refractivity contribution in [2.75, 3.05) is 20.2 Å². The second kappa shape index (κ2) is 5.88. The van der Waals surface area contributed by atoms with Gasteiger partial charge in [-0.1, -0.05) is 0 Å². The molecule has 120 valence electrons. The second-order valence-corrected chi connectivity index (χ2v) is 6.10. The molecule has 0 aromatic heterocycles. The van der Waals surface area contributed by atoms with E-state index in [4.69, 9.17) is 4.74 Å². The number of amides is 2. The highest BCUT2D eigenvalue weighted by molar-refractivity contribution is 5.85. The molecule has 1 fully saturated rings. The van der Waals surface area contributed by atoms with Crippen molar-refractivity contribution in [3.8, 4) is 0 Å². The molecule has 1 atom stereocenters. The summed E-state index contributed by atoms with van der Waals surface area (Å²) in [4.78, 5) is 35.8. The number of methoxy groups -OCH3 is 1. The fourth-order valence-corrected chi connectivity index (χ4v) is 1.99. The minimum atomic E-state index is -1.56. The van der Waals surface area contributed by atoms with Gasteiger partial charge in [0.05, 0.1) is 20.2 Å². The first-order valence-corrected chi connectivity index (χ1v) is 6.54. The van der Waals surface area contributed by atoms with Crippen molar-refractivity contribution in [3.05, 3.63) is 0 Å². The van der Waals surface area contributed by atoms with Gasteiger partial charge < -0.3 is 24.8 Å². The van der Waals surface area contributed by atoms with E-state index < -0.39 is 35.2 Å². The molecule has 0 radical (unpaired) electrons. The average Bonchev–Trinajstić information content (AvgIpc) is 2.28. The number of ether oxygens (including phenoxy) is 2. The van der Waals surface area contributed by atoms with Gasteiger partial charge in [0.2, 0.25) is 5.91 Å². The Morgan fingerprint density at radius 1 is 1.29 bits per heavy atom. The number of β-amino-alcohol motifs (C(OH)–C–C–N with tert-alkyl or cyclic N) is 1. The van der Waals surface area contributed by atoms with Crippen molar-refractivity contribution in [2.24, 2.45) is 0 Å². The maximum atomic E-state index is 11.8. The van der Waals surface area contributed by atoms with Crippen molar-refractivity contribution < 1.29 is 29.0 Å². The van der Waals surface area contributed by atoms with Crippen LogP contribution in [0, 0.1) is 0 Å². The zero-order chi connectivity index (χ0) is 16.4. The summed E-state index contributed by atoms with van der Waals surface area (Å²) in [5, 5.41) is 12.7. The number of rotatable bonds is 3. The van der Waals surface area contributed by atoms with Gasteiger partial charge >= 0.3 is 12.1 Å². The number of hydrogen-bond donors (Lipinski definition) is 2. The van der Waals surface area contributed by atoms with Crippen LogP contribution in [0.15, 0.2) is 0 Å². The lowest BCUT2D eigenvalue weighted by molar-refractivity contribution is -0.166. The predicted octanol–water partition coefficient (Wildman–Crippen LogP) is -0.354.